The molecule has 5 nitrogen and oxygen atoms in total. The standard InChI is InChI=1S/C8H11N5S/c1-9-4-7-3-6(5-14-7)8-10-12-13(2)11-8/h3,5,9H,4H2,1-2H3. The van der Waals surface area contributed by atoms with E-state index in [9.17, 15) is 0 Å². The highest BCUT2D eigenvalue weighted by atomic mass is 32.1. The molecule has 74 valence electrons. The number of rotatable bonds is 3. The van der Waals surface area contributed by atoms with Crippen molar-refractivity contribution in [2.45, 2.75) is 6.54 Å². The van der Waals surface area contributed by atoms with Crippen LogP contribution in [0.5, 0.6) is 0 Å². The quantitative estimate of drug-likeness (QED) is 0.806. The van der Waals surface area contributed by atoms with Crippen LogP contribution in [0.4, 0.5) is 0 Å². The van der Waals surface area contributed by atoms with Gasteiger partial charge in [-0.15, -0.1) is 21.5 Å². The minimum Gasteiger partial charge on any atom is -0.315 e. The molecule has 0 amide bonds. The van der Waals surface area contributed by atoms with Crippen molar-refractivity contribution in [1.82, 2.24) is 25.5 Å². The van der Waals surface area contributed by atoms with Crippen molar-refractivity contribution >= 4 is 11.3 Å². The van der Waals surface area contributed by atoms with Gasteiger partial charge in [-0.1, -0.05) is 0 Å². The highest BCUT2D eigenvalue weighted by molar-refractivity contribution is 7.10. The molecule has 0 saturated carbocycles. The summed E-state index contributed by atoms with van der Waals surface area (Å²) in [5.74, 6) is 0.686. The zero-order valence-electron chi connectivity index (χ0n) is 8.06. The van der Waals surface area contributed by atoms with Crippen LogP contribution in [-0.2, 0) is 13.6 Å². The highest BCUT2D eigenvalue weighted by Gasteiger charge is 2.06. The Morgan fingerprint density at radius 2 is 2.43 bits per heavy atom. The smallest absolute Gasteiger partial charge is 0.205 e. The third-order valence-corrected chi connectivity index (χ3v) is 2.71. The zero-order chi connectivity index (χ0) is 9.97. The highest BCUT2D eigenvalue weighted by Crippen LogP contribution is 2.21. The van der Waals surface area contributed by atoms with E-state index in [1.165, 1.54) is 9.67 Å². The average molecular weight is 209 g/mol. The third-order valence-electron chi connectivity index (χ3n) is 1.77. The van der Waals surface area contributed by atoms with Gasteiger partial charge in [0.05, 0.1) is 7.05 Å². The summed E-state index contributed by atoms with van der Waals surface area (Å²) in [6.45, 7) is 0.880. The van der Waals surface area contributed by atoms with E-state index < -0.39 is 0 Å². The number of nitrogens with zero attached hydrogens (tertiary/aromatic N) is 4. The molecule has 0 fully saturated rings. The fourth-order valence-electron chi connectivity index (χ4n) is 1.16. The number of nitrogens with one attached hydrogen (secondary N) is 1. The Morgan fingerprint density at radius 1 is 1.57 bits per heavy atom. The molecular weight excluding hydrogens is 198 g/mol. The van der Waals surface area contributed by atoms with Crippen molar-refractivity contribution < 1.29 is 0 Å². The number of aromatic nitrogens is 4. The first kappa shape index (κ1) is 9.29. The summed E-state index contributed by atoms with van der Waals surface area (Å²) in [4.78, 5) is 2.74. The number of aryl methyl sites for hydroxylation is 1. The summed E-state index contributed by atoms with van der Waals surface area (Å²) in [5.41, 5.74) is 1.04. The normalized spacial score (nSPS) is 10.7. The molecule has 0 aromatic carbocycles. The molecule has 2 heterocycles. The maximum Gasteiger partial charge on any atom is 0.205 e. The van der Waals surface area contributed by atoms with E-state index in [4.69, 9.17) is 0 Å². The van der Waals surface area contributed by atoms with Gasteiger partial charge in [0.15, 0.2) is 0 Å². The number of hydrogen-bond acceptors (Lipinski definition) is 5. The topological polar surface area (TPSA) is 55.6 Å². The zero-order valence-corrected chi connectivity index (χ0v) is 8.88. The van der Waals surface area contributed by atoms with E-state index in [2.05, 4.69) is 26.8 Å². The first-order chi connectivity index (χ1) is 6.79. The monoisotopic (exact) mass is 209 g/mol. The number of tetrazole rings is 1. The van der Waals surface area contributed by atoms with Gasteiger partial charge >= 0.3 is 0 Å². The molecule has 0 aliphatic heterocycles. The van der Waals surface area contributed by atoms with Crippen LogP contribution in [0, 0.1) is 0 Å². The minimum atomic E-state index is 0.686. The maximum atomic E-state index is 4.14. The fourth-order valence-corrected chi connectivity index (χ4v) is 2.04. The molecule has 0 aliphatic rings. The second-order valence-corrected chi connectivity index (χ2v) is 3.93. The van der Waals surface area contributed by atoms with Crippen molar-refractivity contribution in [1.29, 1.82) is 0 Å². The van der Waals surface area contributed by atoms with Gasteiger partial charge < -0.3 is 5.32 Å². The molecule has 1 N–H and O–H groups in total. The second-order valence-electron chi connectivity index (χ2n) is 2.93. The predicted octanol–water partition coefficient (Wildman–Crippen LogP) is 0.658. The SMILES string of the molecule is CNCc1cc(-c2nnn(C)n2)cs1. The first-order valence-corrected chi connectivity index (χ1v) is 5.14. The average Bonchev–Trinajstić information content (AvgIpc) is 2.74. The van der Waals surface area contributed by atoms with Gasteiger partial charge in [0.2, 0.25) is 5.82 Å². The van der Waals surface area contributed by atoms with Crippen LogP contribution in [0.3, 0.4) is 0 Å². The molecular formula is C8H11N5S. The lowest BCUT2D eigenvalue weighted by molar-refractivity contribution is 0.630. The Hall–Kier alpha value is -1.27. The Kier molecular flexibility index (Phi) is 2.55. The molecule has 0 bridgehead atoms. The second kappa shape index (κ2) is 3.85. The van der Waals surface area contributed by atoms with E-state index in [0.717, 1.165) is 12.1 Å². The lowest BCUT2D eigenvalue weighted by atomic mass is 10.3. The van der Waals surface area contributed by atoms with Crippen LogP contribution in [0.2, 0.25) is 0 Å². The van der Waals surface area contributed by atoms with Gasteiger partial charge in [-0.2, -0.15) is 4.80 Å². The molecule has 0 unspecified atom stereocenters. The van der Waals surface area contributed by atoms with E-state index >= 15 is 0 Å². The molecule has 2 rings (SSSR count). The van der Waals surface area contributed by atoms with E-state index in [1.807, 2.05) is 12.4 Å². The summed E-state index contributed by atoms with van der Waals surface area (Å²) in [6, 6.07) is 2.08. The predicted molar refractivity (Wildman–Crippen MR) is 54.9 cm³/mol. The largest absolute Gasteiger partial charge is 0.315 e. The molecule has 2 aromatic heterocycles. The lowest BCUT2D eigenvalue weighted by Gasteiger charge is -1.90. The van der Waals surface area contributed by atoms with Crippen LogP contribution in [0.25, 0.3) is 11.4 Å². The summed E-state index contributed by atoms with van der Waals surface area (Å²) in [5, 5.41) is 17.0. The van der Waals surface area contributed by atoms with Crippen molar-refractivity contribution in [3.8, 4) is 11.4 Å². The van der Waals surface area contributed by atoms with Crippen molar-refractivity contribution in [2.75, 3.05) is 7.05 Å². The van der Waals surface area contributed by atoms with Crippen molar-refractivity contribution in [2.24, 2.45) is 7.05 Å². The molecule has 0 spiro atoms. The number of thiophene rings is 1. The van der Waals surface area contributed by atoms with Gasteiger partial charge in [-0.25, -0.2) is 0 Å². The molecule has 14 heavy (non-hydrogen) atoms. The molecule has 0 radical (unpaired) electrons. The minimum absolute atomic E-state index is 0.686. The van der Waals surface area contributed by atoms with Crippen LogP contribution >= 0.6 is 11.3 Å². The third kappa shape index (κ3) is 1.80. The van der Waals surface area contributed by atoms with Gasteiger partial charge in [-0.05, 0) is 18.3 Å². The van der Waals surface area contributed by atoms with Gasteiger partial charge in [0.1, 0.15) is 0 Å². The Morgan fingerprint density at radius 3 is 3.07 bits per heavy atom. The van der Waals surface area contributed by atoms with E-state index in [0.29, 0.717) is 5.82 Å². The van der Waals surface area contributed by atoms with Gasteiger partial charge in [-0.3, -0.25) is 0 Å². The fraction of sp³-hybridized carbons (Fsp3) is 0.375. The number of hydrogen-bond donors (Lipinski definition) is 1. The summed E-state index contributed by atoms with van der Waals surface area (Å²) in [6.07, 6.45) is 0. The first-order valence-electron chi connectivity index (χ1n) is 4.26. The molecule has 6 heteroatoms. The molecule has 0 aliphatic carbocycles. The van der Waals surface area contributed by atoms with Gasteiger partial charge in [0, 0.05) is 22.4 Å². The summed E-state index contributed by atoms with van der Waals surface area (Å²) < 4.78 is 0. The Bertz CT molecular complexity index is 419. The van der Waals surface area contributed by atoms with Crippen molar-refractivity contribution in [3.05, 3.63) is 16.3 Å². The van der Waals surface area contributed by atoms with E-state index in [1.54, 1.807) is 18.4 Å². The molecule has 2 aromatic rings. The Balaban J connectivity index is 2.24. The maximum absolute atomic E-state index is 4.14. The van der Waals surface area contributed by atoms with Crippen LogP contribution < -0.4 is 5.32 Å². The lowest BCUT2D eigenvalue weighted by Crippen LogP contribution is -2.02. The molecule has 0 saturated heterocycles. The Labute approximate surface area is 85.8 Å². The summed E-state index contributed by atoms with van der Waals surface area (Å²) >= 11 is 1.70. The molecule has 0 atom stereocenters. The van der Waals surface area contributed by atoms with E-state index in [-0.39, 0.29) is 0 Å². The van der Waals surface area contributed by atoms with Crippen LogP contribution in [0.15, 0.2) is 11.4 Å². The van der Waals surface area contributed by atoms with Crippen molar-refractivity contribution in [3.63, 3.8) is 0 Å². The van der Waals surface area contributed by atoms with Gasteiger partial charge in [0.25, 0.3) is 0 Å². The summed E-state index contributed by atoms with van der Waals surface area (Å²) in [7, 11) is 3.69. The van der Waals surface area contributed by atoms with Crippen LogP contribution in [0.1, 0.15) is 4.88 Å². The van der Waals surface area contributed by atoms with Crippen LogP contribution in [-0.4, -0.2) is 27.3 Å².